The molecule has 2 fully saturated rings. The summed E-state index contributed by atoms with van der Waals surface area (Å²) in [6.07, 6.45) is 0.119. The zero-order valence-electron chi connectivity index (χ0n) is 33.9. The first kappa shape index (κ1) is 45.5. The molecule has 0 bridgehead atoms. The highest BCUT2D eigenvalue weighted by Gasteiger charge is 2.40. The fraction of sp³-hybridized carbons (Fsp3) is 0.475. The van der Waals surface area contributed by atoms with Gasteiger partial charge in [-0.25, -0.2) is 0 Å². The summed E-state index contributed by atoms with van der Waals surface area (Å²) in [7, 11) is 7.16. The van der Waals surface area contributed by atoms with Crippen molar-refractivity contribution in [1.82, 2.24) is 31.5 Å². The normalized spacial score (nSPS) is 22.6. The fourth-order valence-electron chi connectivity index (χ4n) is 6.96. The highest BCUT2D eigenvalue weighted by atomic mass is 33.1. The first-order valence-corrected chi connectivity index (χ1v) is 21.8. The third-order valence-electron chi connectivity index (χ3n) is 10.2. The van der Waals surface area contributed by atoms with E-state index < -0.39 is 78.0 Å². The number of hydrogen-bond acceptors (Lipinski definition) is 13. The maximum absolute atomic E-state index is 14.3. The molecule has 1 aromatic heterocycles. The number of fused-ring (bicyclic) bond motifs is 2. The number of carboxylic acid groups (broad SMARTS) is 1. The number of aliphatic carboxylic acids is 1. The first-order chi connectivity index (χ1) is 28.8. The van der Waals surface area contributed by atoms with Crippen LogP contribution < -0.4 is 40.8 Å². The van der Waals surface area contributed by atoms with Gasteiger partial charge in [0.1, 0.15) is 36.0 Å². The van der Waals surface area contributed by atoms with Crippen LogP contribution in [-0.2, 0) is 35.2 Å². The maximum Gasteiger partial charge on any atom is 0.305 e. The summed E-state index contributed by atoms with van der Waals surface area (Å²) in [4.78, 5) is 95.6. The van der Waals surface area contributed by atoms with Gasteiger partial charge in [0.05, 0.1) is 27.8 Å². The van der Waals surface area contributed by atoms with Gasteiger partial charge in [-0.15, -0.1) is 0 Å². The van der Waals surface area contributed by atoms with Gasteiger partial charge in [0.15, 0.2) is 17.1 Å². The van der Waals surface area contributed by atoms with Gasteiger partial charge >= 0.3 is 5.97 Å². The highest BCUT2D eigenvalue weighted by Crippen LogP contribution is 2.39. The van der Waals surface area contributed by atoms with E-state index in [-0.39, 0.29) is 43.7 Å². The lowest BCUT2D eigenvalue weighted by Gasteiger charge is -2.30. The van der Waals surface area contributed by atoms with E-state index in [2.05, 4.69) is 26.6 Å². The second-order valence-corrected chi connectivity index (χ2v) is 16.9. The van der Waals surface area contributed by atoms with Crippen molar-refractivity contribution in [2.45, 2.75) is 76.2 Å². The van der Waals surface area contributed by atoms with E-state index in [1.807, 2.05) is 0 Å². The van der Waals surface area contributed by atoms with Crippen LogP contribution in [0.5, 0.6) is 17.2 Å². The summed E-state index contributed by atoms with van der Waals surface area (Å²) in [6.45, 7) is 3.44. The number of carbonyl (C=O) groups is 7. The minimum absolute atomic E-state index is 0.00516. The van der Waals surface area contributed by atoms with E-state index in [1.54, 1.807) is 43.3 Å². The molecule has 2 aliphatic heterocycles. The Balaban J connectivity index is 1.42. The predicted molar refractivity (Wildman–Crippen MR) is 223 cm³/mol. The lowest BCUT2D eigenvalue weighted by atomic mass is 10.0. The number of nitrogens with zero attached hydrogens (tertiary/aromatic N) is 1. The van der Waals surface area contributed by atoms with Crippen molar-refractivity contribution in [1.29, 1.82) is 0 Å². The van der Waals surface area contributed by atoms with Crippen LogP contribution in [0.2, 0.25) is 0 Å². The van der Waals surface area contributed by atoms with Gasteiger partial charge < -0.3 is 55.2 Å². The number of amides is 6. The summed E-state index contributed by atoms with van der Waals surface area (Å²) in [6, 6.07) is 4.28. The van der Waals surface area contributed by atoms with Crippen molar-refractivity contribution in [2.75, 3.05) is 45.9 Å². The standard InChI is InChI=1S/C40H50N6O12S2/c1-21-25-12-13-30(56-4)34(57-5)33(25)58-32(21)39(53)43-26-14-17-59-60-18-15-41-36(50)27(20-31(47)48)44-38(52)29-7-6-16-46(29)40(54)28(45-35(49)22(2)42-37(26)51)19-23-8-10-24(55-3)11-9-23/h8-13,22,26-29H,6-7,14-20H2,1-5H3,(H,41,50)(H,42,51)(H,43,53)(H,44,52)(H,45,49)(H,47,48)/t22-,26+,27-,28-,29-/m0/s1. The smallest absolute Gasteiger partial charge is 0.305 e. The highest BCUT2D eigenvalue weighted by molar-refractivity contribution is 8.76. The second-order valence-electron chi connectivity index (χ2n) is 14.2. The molecule has 0 aliphatic carbocycles. The molecular weight excluding hydrogens is 821 g/mol. The molecule has 0 unspecified atom stereocenters. The molecule has 6 N–H and O–H groups in total. The summed E-state index contributed by atoms with van der Waals surface area (Å²) in [5, 5.41) is 23.6. The zero-order valence-corrected chi connectivity index (χ0v) is 35.5. The van der Waals surface area contributed by atoms with Crippen LogP contribution in [0.3, 0.4) is 0 Å². The average molecular weight is 871 g/mol. The average Bonchev–Trinajstić information content (AvgIpc) is 3.86. The van der Waals surface area contributed by atoms with Crippen LogP contribution in [0.1, 0.15) is 54.3 Å². The van der Waals surface area contributed by atoms with Gasteiger partial charge in [-0.05, 0) is 62.9 Å². The summed E-state index contributed by atoms with van der Waals surface area (Å²) >= 11 is 0. The number of carbonyl (C=O) groups excluding carboxylic acids is 6. The quantitative estimate of drug-likeness (QED) is 0.169. The number of rotatable bonds is 9. The number of benzene rings is 2. The topological polar surface area (TPSA) is 244 Å². The van der Waals surface area contributed by atoms with Crippen molar-refractivity contribution < 1.29 is 57.3 Å². The van der Waals surface area contributed by atoms with Gasteiger partial charge in [0.25, 0.3) is 5.91 Å². The minimum Gasteiger partial charge on any atom is -0.497 e. The Kier molecular flexibility index (Phi) is 16.0. The Bertz CT molecular complexity index is 2080. The van der Waals surface area contributed by atoms with Gasteiger partial charge in [0.2, 0.25) is 35.3 Å². The number of ether oxygens (including phenoxy) is 3. The van der Waals surface area contributed by atoms with Crippen molar-refractivity contribution in [3.63, 3.8) is 0 Å². The van der Waals surface area contributed by atoms with E-state index >= 15 is 0 Å². The first-order valence-electron chi connectivity index (χ1n) is 19.3. The van der Waals surface area contributed by atoms with E-state index in [9.17, 15) is 38.7 Å². The lowest BCUT2D eigenvalue weighted by molar-refractivity contribution is -0.144. The van der Waals surface area contributed by atoms with Gasteiger partial charge in [-0.2, -0.15) is 0 Å². The third-order valence-corrected chi connectivity index (χ3v) is 12.6. The van der Waals surface area contributed by atoms with Crippen molar-refractivity contribution in [2.24, 2.45) is 0 Å². The van der Waals surface area contributed by atoms with E-state index in [0.717, 1.165) is 0 Å². The SMILES string of the molecule is COc1ccc(C[C@@H]2NC(=O)[C@H](C)NC(=O)[C@H](NC(=O)c3oc4c(OC)c(OC)ccc4c3C)CCSSCCNC(=O)[C@H](CC(=O)O)NC(=O)[C@@H]3CCCN3C2=O)cc1. The summed E-state index contributed by atoms with van der Waals surface area (Å²) in [5.74, 6) is -3.40. The second kappa shape index (κ2) is 21.1. The van der Waals surface area contributed by atoms with Gasteiger partial charge in [-0.3, -0.25) is 33.6 Å². The van der Waals surface area contributed by atoms with Gasteiger partial charge in [0, 0.05) is 42.0 Å². The number of furan rings is 1. The van der Waals surface area contributed by atoms with Crippen LogP contribution >= 0.6 is 21.6 Å². The third kappa shape index (κ3) is 11.1. The Morgan fingerprint density at radius 1 is 0.867 bits per heavy atom. The Morgan fingerprint density at radius 3 is 2.27 bits per heavy atom. The number of hydrogen-bond donors (Lipinski definition) is 6. The van der Waals surface area contributed by atoms with Gasteiger partial charge in [-0.1, -0.05) is 33.7 Å². The molecule has 18 nitrogen and oxygen atoms in total. The fourth-order valence-corrected chi connectivity index (χ4v) is 8.96. The molecule has 3 aromatic rings. The molecule has 6 amide bonds. The van der Waals surface area contributed by atoms with Crippen LogP contribution in [0.25, 0.3) is 11.0 Å². The largest absolute Gasteiger partial charge is 0.497 e. The van der Waals surface area contributed by atoms with E-state index in [4.69, 9.17) is 18.6 Å². The van der Waals surface area contributed by atoms with Crippen LogP contribution in [0.4, 0.5) is 0 Å². The lowest BCUT2D eigenvalue weighted by Crippen LogP contribution is -2.59. The molecule has 20 heteroatoms. The molecule has 2 saturated heterocycles. The molecule has 2 aliphatic rings. The van der Waals surface area contributed by atoms with Crippen molar-refractivity contribution >= 4 is 74.0 Å². The van der Waals surface area contributed by atoms with Crippen LogP contribution in [0, 0.1) is 6.92 Å². The molecule has 5 rings (SSSR count). The maximum atomic E-state index is 14.3. The van der Waals surface area contributed by atoms with Crippen molar-refractivity contribution in [3.05, 3.63) is 53.3 Å². The van der Waals surface area contributed by atoms with Crippen molar-refractivity contribution in [3.8, 4) is 17.2 Å². The molecule has 0 spiro atoms. The van der Waals surface area contributed by atoms with Crippen LogP contribution in [-0.4, -0.2) is 128 Å². The predicted octanol–water partition coefficient (Wildman–Crippen LogP) is 1.95. The molecule has 0 radical (unpaired) electrons. The molecule has 0 saturated carbocycles. The molecule has 5 atom stereocenters. The number of aryl methyl sites for hydroxylation is 1. The van der Waals surface area contributed by atoms with Crippen LogP contribution in [0.15, 0.2) is 40.8 Å². The zero-order chi connectivity index (χ0) is 43.5. The minimum atomic E-state index is -1.41. The molecular formula is C40H50N6O12S2. The Hall–Kier alpha value is -5.63. The monoisotopic (exact) mass is 870 g/mol. The number of nitrogens with one attached hydrogen (secondary N) is 5. The van der Waals surface area contributed by atoms with E-state index in [0.29, 0.717) is 51.7 Å². The molecule has 324 valence electrons. The molecule has 60 heavy (non-hydrogen) atoms. The molecule has 3 heterocycles. The Morgan fingerprint density at radius 2 is 1.58 bits per heavy atom. The summed E-state index contributed by atoms with van der Waals surface area (Å²) in [5.41, 5.74) is 1.44. The summed E-state index contributed by atoms with van der Waals surface area (Å²) < 4.78 is 22.1. The molecule has 2 aromatic carbocycles. The Labute approximate surface area is 354 Å². The number of methoxy groups -OCH3 is 3. The number of carboxylic acids is 1. The van der Waals surface area contributed by atoms with E-state index in [1.165, 1.54) is 54.7 Å².